The standard InChI is InChI=1S/C24H28N4O2/c1-17(2)23(29)25-13-14-26-24(30)21-16-28(15-19-7-5-4-6-8-19)27-22(21)20-11-9-18(3)10-12-20/h4-12,16-17H,13-15H2,1-3H3,(H,25,29)(H,26,30). The molecular weight excluding hydrogens is 376 g/mol. The third kappa shape index (κ3) is 5.56. The summed E-state index contributed by atoms with van der Waals surface area (Å²) in [6.07, 6.45) is 1.78. The Kier molecular flexibility index (Phi) is 7.01. The molecule has 3 rings (SSSR count). The van der Waals surface area contributed by atoms with E-state index < -0.39 is 0 Å². The molecule has 0 fully saturated rings. The first-order valence-electron chi connectivity index (χ1n) is 10.2. The van der Waals surface area contributed by atoms with Gasteiger partial charge in [0.25, 0.3) is 5.91 Å². The molecule has 2 N–H and O–H groups in total. The predicted molar refractivity (Wildman–Crippen MR) is 118 cm³/mol. The summed E-state index contributed by atoms with van der Waals surface area (Å²) in [5.74, 6) is -0.311. The Hall–Kier alpha value is -3.41. The summed E-state index contributed by atoms with van der Waals surface area (Å²) in [5.41, 5.74) is 4.32. The number of benzene rings is 2. The number of aryl methyl sites for hydroxylation is 1. The largest absolute Gasteiger partial charge is 0.354 e. The van der Waals surface area contributed by atoms with Crippen molar-refractivity contribution in [2.24, 2.45) is 5.92 Å². The number of carbonyl (C=O) groups excluding carboxylic acids is 2. The maximum Gasteiger partial charge on any atom is 0.255 e. The Morgan fingerprint density at radius 2 is 1.63 bits per heavy atom. The molecule has 3 aromatic rings. The molecule has 0 radical (unpaired) electrons. The van der Waals surface area contributed by atoms with Crippen LogP contribution in [0.1, 0.15) is 35.3 Å². The van der Waals surface area contributed by atoms with Crippen LogP contribution in [0.25, 0.3) is 11.3 Å². The maximum absolute atomic E-state index is 12.9. The van der Waals surface area contributed by atoms with Gasteiger partial charge in [-0.3, -0.25) is 14.3 Å². The van der Waals surface area contributed by atoms with Gasteiger partial charge in [-0.2, -0.15) is 5.10 Å². The van der Waals surface area contributed by atoms with Gasteiger partial charge in [-0.05, 0) is 12.5 Å². The quantitative estimate of drug-likeness (QED) is 0.565. The molecule has 2 amide bonds. The lowest BCUT2D eigenvalue weighted by Gasteiger charge is -2.09. The molecule has 0 aliphatic rings. The Morgan fingerprint density at radius 1 is 0.967 bits per heavy atom. The molecule has 1 heterocycles. The van der Waals surface area contributed by atoms with E-state index in [9.17, 15) is 9.59 Å². The van der Waals surface area contributed by atoms with E-state index in [2.05, 4.69) is 10.6 Å². The van der Waals surface area contributed by atoms with Gasteiger partial charge in [-0.1, -0.05) is 74.0 Å². The van der Waals surface area contributed by atoms with Gasteiger partial charge in [0.1, 0.15) is 5.69 Å². The van der Waals surface area contributed by atoms with E-state index in [0.717, 1.165) is 16.7 Å². The van der Waals surface area contributed by atoms with Crippen LogP contribution >= 0.6 is 0 Å². The average molecular weight is 405 g/mol. The molecule has 156 valence electrons. The number of hydrogen-bond donors (Lipinski definition) is 2. The van der Waals surface area contributed by atoms with Crippen molar-refractivity contribution in [3.63, 3.8) is 0 Å². The van der Waals surface area contributed by atoms with Crippen molar-refractivity contribution in [2.45, 2.75) is 27.3 Å². The van der Waals surface area contributed by atoms with Crippen LogP contribution in [-0.2, 0) is 11.3 Å². The van der Waals surface area contributed by atoms with Crippen LogP contribution in [0.3, 0.4) is 0 Å². The monoisotopic (exact) mass is 404 g/mol. The molecule has 30 heavy (non-hydrogen) atoms. The molecule has 0 saturated heterocycles. The minimum Gasteiger partial charge on any atom is -0.354 e. The third-order valence-electron chi connectivity index (χ3n) is 4.75. The lowest BCUT2D eigenvalue weighted by atomic mass is 10.1. The number of amides is 2. The molecule has 2 aromatic carbocycles. The van der Waals surface area contributed by atoms with Gasteiger partial charge < -0.3 is 10.6 Å². The van der Waals surface area contributed by atoms with Gasteiger partial charge in [0.05, 0.1) is 12.1 Å². The number of aromatic nitrogens is 2. The van der Waals surface area contributed by atoms with Gasteiger partial charge >= 0.3 is 0 Å². The fourth-order valence-corrected chi connectivity index (χ4v) is 3.02. The molecule has 0 aliphatic carbocycles. The van der Waals surface area contributed by atoms with Gasteiger partial charge in [-0.25, -0.2) is 0 Å². The van der Waals surface area contributed by atoms with E-state index in [1.165, 1.54) is 0 Å². The zero-order chi connectivity index (χ0) is 21.5. The number of carbonyl (C=O) groups is 2. The zero-order valence-electron chi connectivity index (χ0n) is 17.7. The third-order valence-corrected chi connectivity index (χ3v) is 4.75. The lowest BCUT2D eigenvalue weighted by molar-refractivity contribution is -0.123. The number of nitrogens with one attached hydrogen (secondary N) is 2. The topological polar surface area (TPSA) is 76.0 Å². The molecule has 0 saturated carbocycles. The first kappa shape index (κ1) is 21.3. The highest BCUT2D eigenvalue weighted by Gasteiger charge is 2.18. The van der Waals surface area contributed by atoms with Crippen LogP contribution in [-0.4, -0.2) is 34.7 Å². The summed E-state index contributed by atoms with van der Waals surface area (Å²) in [7, 11) is 0. The van der Waals surface area contributed by atoms with E-state index in [0.29, 0.717) is 30.9 Å². The molecule has 0 spiro atoms. The van der Waals surface area contributed by atoms with E-state index in [4.69, 9.17) is 5.10 Å². The molecular formula is C24H28N4O2. The molecule has 0 aliphatic heterocycles. The molecule has 6 nitrogen and oxygen atoms in total. The minimum atomic E-state index is -0.205. The summed E-state index contributed by atoms with van der Waals surface area (Å²) in [5, 5.41) is 10.4. The van der Waals surface area contributed by atoms with E-state index in [1.807, 2.05) is 75.4 Å². The molecule has 1 aromatic heterocycles. The summed E-state index contributed by atoms with van der Waals surface area (Å²) >= 11 is 0. The zero-order valence-corrected chi connectivity index (χ0v) is 17.7. The molecule has 0 bridgehead atoms. The SMILES string of the molecule is Cc1ccc(-c2nn(Cc3ccccc3)cc2C(=O)NCCNC(=O)C(C)C)cc1. The van der Waals surface area contributed by atoms with Gasteiger partial charge in [0.2, 0.25) is 5.91 Å². The van der Waals surface area contributed by atoms with Crippen molar-refractivity contribution in [1.82, 2.24) is 20.4 Å². The lowest BCUT2D eigenvalue weighted by Crippen LogP contribution is -2.36. The molecule has 0 unspecified atom stereocenters. The highest BCUT2D eigenvalue weighted by atomic mass is 16.2. The van der Waals surface area contributed by atoms with Gasteiger partial charge in [-0.15, -0.1) is 0 Å². The van der Waals surface area contributed by atoms with Crippen LogP contribution in [0, 0.1) is 12.8 Å². The Bertz CT molecular complexity index is 992. The van der Waals surface area contributed by atoms with Crippen molar-refractivity contribution >= 4 is 11.8 Å². The van der Waals surface area contributed by atoms with Gasteiger partial charge in [0, 0.05) is 30.8 Å². The Morgan fingerprint density at radius 3 is 2.30 bits per heavy atom. The van der Waals surface area contributed by atoms with E-state index >= 15 is 0 Å². The van der Waals surface area contributed by atoms with E-state index in [1.54, 1.807) is 10.9 Å². The summed E-state index contributed by atoms with van der Waals surface area (Å²) in [4.78, 5) is 24.5. The average Bonchev–Trinajstić information content (AvgIpc) is 3.16. The second kappa shape index (κ2) is 9.87. The fourth-order valence-electron chi connectivity index (χ4n) is 3.02. The first-order valence-corrected chi connectivity index (χ1v) is 10.2. The maximum atomic E-state index is 12.9. The summed E-state index contributed by atoms with van der Waals surface area (Å²) < 4.78 is 1.79. The highest BCUT2D eigenvalue weighted by Crippen LogP contribution is 2.23. The van der Waals surface area contributed by atoms with Crippen LogP contribution in [0.4, 0.5) is 0 Å². The number of rotatable bonds is 8. The normalized spacial score (nSPS) is 10.8. The van der Waals surface area contributed by atoms with E-state index in [-0.39, 0.29) is 17.7 Å². The fraction of sp³-hybridized carbons (Fsp3) is 0.292. The van der Waals surface area contributed by atoms with Crippen LogP contribution in [0.15, 0.2) is 60.8 Å². The molecule has 6 heteroatoms. The van der Waals surface area contributed by atoms with Crippen molar-refractivity contribution in [1.29, 1.82) is 0 Å². The van der Waals surface area contributed by atoms with Crippen molar-refractivity contribution in [3.05, 3.63) is 77.5 Å². The van der Waals surface area contributed by atoms with Crippen molar-refractivity contribution in [2.75, 3.05) is 13.1 Å². The number of hydrogen-bond acceptors (Lipinski definition) is 3. The van der Waals surface area contributed by atoms with Crippen LogP contribution < -0.4 is 10.6 Å². The van der Waals surface area contributed by atoms with Crippen LogP contribution in [0.5, 0.6) is 0 Å². The second-order valence-corrected chi connectivity index (χ2v) is 7.64. The Labute approximate surface area is 177 Å². The minimum absolute atomic E-state index is 0.0275. The second-order valence-electron chi connectivity index (χ2n) is 7.64. The van der Waals surface area contributed by atoms with Crippen LogP contribution in [0.2, 0.25) is 0 Å². The smallest absolute Gasteiger partial charge is 0.255 e. The van der Waals surface area contributed by atoms with Gasteiger partial charge in [0.15, 0.2) is 0 Å². The highest BCUT2D eigenvalue weighted by molar-refractivity contribution is 5.99. The summed E-state index contributed by atoms with van der Waals surface area (Å²) in [6, 6.07) is 18.0. The molecule has 0 atom stereocenters. The summed E-state index contributed by atoms with van der Waals surface area (Å²) in [6.45, 7) is 7.02. The Balaban J connectivity index is 1.77. The number of nitrogens with zero attached hydrogens (tertiary/aromatic N) is 2. The van der Waals surface area contributed by atoms with Crippen molar-refractivity contribution < 1.29 is 9.59 Å². The first-order chi connectivity index (χ1) is 14.4. The predicted octanol–water partition coefficient (Wildman–Crippen LogP) is 3.41. The van der Waals surface area contributed by atoms with Crippen molar-refractivity contribution in [3.8, 4) is 11.3 Å².